The van der Waals surface area contributed by atoms with Gasteiger partial charge in [-0.2, -0.15) is 0 Å². The van der Waals surface area contributed by atoms with Crippen molar-refractivity contribution in [3.05, 3.63) is 51.2 Å². The predicted octanol–water partition coefficient (Wildman–Crippen LogP) is 4.48. The molecule has 0 aliphatic carbocycles. The third kappa shape index (κ3) is 4.76. The molecule has 150 valence electrons. The minimum Gasteiger partial charge on any atom is -0.477 e. The van der Waals surface area contributed by atoms with E-state index in [0.717, 1.165) is 18.4 Å². The molecule has 7 heteroatoms. The van der Waals surface area contributed by atoms with E-state index < -0.39 is 5.97 Å². The van der Waals surface area contributed by atoms with Crippen LogP contribution in [-0.2, 0) is 17.6 Å². The number of aromatic carboxylic acids is 1. The highest BCUT2D eigenvalue weighted by atomic mass is 32.1. The SMILES string of the molecule is CC(C)CC(=O)N1CCCC1c1nc(CCc2ccc(F)cc2)c(C(=O)O)s1. The normalized spacial score (nSPS) is 16.7. The van der Waals surface area contributed by atoms with Crippen molar-refractivity contribution in [3.8, 4) is 0 Å². The molecule has 0 spiro atoms. The zero-order chi connectivity index (χ0) is 20.3. The molecule has 0 saturated carbocycles. The molecule has 0 radical (unpaired) electrons. The largest absolute Gasteiger partial charge is 0.477 e. The number of carboxylic acids is 1. The van der Waals surface area contributed by atoms with E-state index in [9.17, 15) is 19.1 Å². The first kappa shape index (κ1) is 20.5. The van der Waals surface area contributed by atoms with Crippen molar-refractivity contribution in [2.75, 3.05) is 6.54 Å². The Bertz CT molecular complexity index is 848. The maximum atomic E-state index is 13.1. The molecule has 1 aliphatic heterocycles. The van der Waals surface area contributed by atoms with Crippen LogP contribution in [0.5, 0.6) is 0 Å². The van der Waals surface area contributed by atoms with Crippen LogP contribution in [0, 0.1) is 11.7 Å². The standard InChI is InChI=1S/C21H25FN2O3S/c1-13(2)12-18(25)24-11-3-4-17(24)20-23-16(19(28-20)21(26)27)10-7-14-5-8-15(22)9-6-14/h5-6,8-9,13,17H,3-4,7,10-12H2,1-2H3,(H,26,27). The first-order valence-corrected chi connectivity index (χ1v) is 10.4. The first-order chi connectivity index (χ1) is 13.3. The molecule has 1 aliphatic rings. The Balaban J connectivity index is 1.78. The number of amides is 1. The first-order valence-electron chi connectivity index (χ1n) is 9.62. The summed E-state index contributed by atoms with van der Waals surface area (Å²) in [5.74, 6) is -0.891. The van der Waals surface area contributed by atoms with Crippen molar-refractivity contribution >= 4 is 23.2 Å². The summed E-state index contributed by atoms with van der Waals surface area (Å²) in [7, 11) is 0. The number of aryl methyl sites for hydroxylation is 2. The van der Waals surface area contributed by atoms with Gasteiger partial charge in [-0.05, 0) is 49.3 Å². The van der Waals surface area contributed by atoms with Crippen LogP contribution in [0.4, 0.5) is 4.39 Å². The van der Waals surface area contributed by atoms with Crippen LogP contribution in [-0.4, -0.2) is 33.4 Å². The van der Waals surface area contributed by atoms with Crippen LogP contribution in [0.25, 0.3) is 0 Å². The zero-order valence-corrected chi connectivity index (χ0v) is 17.0. The minimum atomic E-state index is -0.990. The van der Waals surface area contributed by atoms with Crippen LogP contribution in [0.1, 0.15) is 65.1 Å². The topological polar surface area (TPSA) is 70.5 Å². The molecular formula is C21H25FN2O3S. The van der Waals surface area contributed by atoms with Gasteiger partial charge < -0.3 is 10.0 Å². The molecule has 1 aromatic carbocycles. The Morgan fingerprint density at radius 2 is 2.00 bits per heavy atom. The van der Waals surface area contributed by atoms with Crippen molar-refractivity contribution in [2.24, 2.45) is 5.92 Å². The maximum absolute atomic E-state index is 13.1. The number of benzene rings is 1. The summed E-state index contributed by atoms with van der Waals surface area (Å²) >= 11 is 1.18. The molecule has 1 atom stereocenters. The van der Waals surface area contributed by atoms with Gasteiger partial charge >= 0.3 is 5.97 Å². The molecule has 1 unspecified atom stereocenters. The maximum Gasteiger partial charge on any atom is 0.347 e. The molecule has 1 fully saturated rings. The summed E-state index contributed by atoms with van der Waals surface area (Å²) in [6.45, 7) is 4.73. The molecule has 5 nitrogen and oxygen atoms in total. The Morgan fingerprint density at radius 3 is 2.64 bits per heavy atom. The van der Waals surface area contributed by atoms with Gasteiger partial charge in [0.05, 0.1) is 11.7 Å². The second-order valence-corrected chi connectivity index (χ2v) is 8.63. The molecule has 1 aromatic heterocycles. The van der Waals surface area contributed by atoms with Crippen molar-refractivity contribution in [2.45, 2.75) is 52.0 Å². The van der Waals surface area contributed by atoms with Gasteiger partial charge in [0.1, 0.15) is 15.7 Å². The summed E-state index contributed by atoms with van der Waals surface area (Å²) < 4.78 is 13.1. The van der Waals surface area contributed by atoms with Gasteiger partial charge in [0.25, 0.3) is 0 Å². The third-order valence-corrected chi connectivity index (χ3v) is 6.10. The van der Waals surface area contributed by atoms with E-state index in [1.165, 1.54) is 23.5 Å². The third-order valence-electron chi connectivity index (χ3n) is 4.91. The lowest BCUT2D eigenvalue weighted by Gasteiger charge is -2.24. The monoisotopic (exact) mass is 404 g/mol. The lowest BCUT2D eigenvalue weighted by Crippen LogP contribution is -2.31. The molecule has 0 bridgehead atoms. The minimum absolute atomic E-state index is 0.109. The van der Waals surface area contributed by atoms with E-state index in [1.54, 1.807) is 12.1 Å². The Morgan fingerprint density at radius 1 is 1.29 bits per heavy atom. The fraction of sp³-hybridized carbons (Fsp3) is 0.476. The number of rotatable bonds is 7. The highest BCUT2D eigenvalue weighted by Crippen LogP contribution is 2.36. The molecule has 1 amide bonds. The van der Waals surface area contributed by atoms with E-state index >= 15 is 0 Å². The number of halogens is 1. The number of likely N-dealkylation sites (tertiary alicyclic amines) is 1. The number of nitrogens with zero attached hydrogens (tertiary/aromatic N) is 2. The lowest BCUT2D eigenvalue weighted by atomic mass is 10.1. The van der Waals surface area contributed by atoms with E-state index in [-0.39, 0.29) is 28.6 Å². The molecule has 2 heterocycles. The smallest absolute Gasteiger partial charge is 0.347 e. The van der Waals surface area contributed by atoms with Crippen LogP contribution in [0.2, 0.25) is 0 Å². The fourth-order valence-electron chi connectivity index (χ4n) is 3.55. The number of hydrogen-bond donors (Lipinski definition) is 1. The Kier molecular flexibility index (Phi) is 6.44. The molecule has 1 saturated heterocycles. The molecule has 28 heavy (non-hydrogen) atoms. The van der Waals surface area contributed by atoms with E-state index in [0.29, 0.717) is 36.5 Å². The van der Waals surface area contributed by atoms with Crippen molar-refractivity contribution in [1.29, 1.82) is 0 Å². The van der Waals surface area contributed by atoms with Gasteiger partial charge in [0.2, 0.25) is 5.91 Å². The van der Waals surface area contributed by atoms with Crippen molar-refractivity contribution in [3.63, 3.8) is 0 Å². The highest BCUT2D eigenvalue weighted by molar-refractivity contribution is 7.13. The lowest BCUT2D eigenvalue weighted by molar-refractivity contribution is -0.132. The van der Waals surface area contributed by atoms with Crippen LogP contribution < -0.4 is 0 Å². The molecule has 3 rings (SSSR count). The van der Waals surface area contributed by atoms with Crippen molar-refractivity contribution < 1.29 is 19.1 Å². The van der Waals surface area contributed by atoms with Crippen molar-refractivity contribution in [1.82, 2.24) is 9.88 Å². The average molecular weight is 405 g/mol. The van der Waals surface area contributed by atoms with E-state index in [1.807, 2.05) is 18.7 Å². The molecule has 1 N–H and O–H groups in total. The van der Waals surface area contributed by atoms with E-state index in [4.69, 9.17) is 0 Å². The van der Waals surface area contributed by atoms with Crippen LogP contribution >= 0.6 is 11.3 Å². The summed E-state index contributed by atoms with van der Waals surface area (Å²) in [6.07, 6.45) is 3.26. The van der Waals surface area contributed by atoms with Crippen LogP contribution in [0.15, 0.2) is 24.3 Å². The zero-order valence-electron chi connectivity index (χ0n) is 16.2. The fourth-order valence-corrected chi connectivity index (χ4v) is 4.65. The highest BCUT2D eigenvalue weighted by Gasteiger charge is 2.33. The number of aromatic nitrogens is 1. The number of carboxylic acid groups (broad SMARTS) is 1. The number of thiazole rings is 1. The quantitative estimate of drug-likeness (QED) is 0.739. The van der Waals surface area contributed by atoms with Gasteiger partial charge in [0.15, 0.2) is 0 Å². The average Bonchev–Trinajstić information content (AvgIpc) is 3.27. The molecular weight excluding hydrogens is 379 g/mol. The van der Waals surface area contributed by atoms with Crippen LogP contribution in [0.3, 0.4) is 0 Å². The Hall–Kier alpha value is -2.28. The number of carbonyl (C=O) groups is 2. The number of carbonyl (C=O) groups excluding carboxylic acids is 1. The summed E-state index contributed by atoms with van der Waals surface area (Å²) in [6, 6.07) is 6.07. The van der Waals surface area contributed by atoms with Gasteiger partial charge in [-0.3, -0.25) is 4.79 Å². The van der Waals surface area contributed by atoms with Gasteiger partial charge in [-0.25, -0.2) is 14.2 Å². The summed E-state index contributed by atoms with van der Waals surface area (Å²) in [4.78, 5) is 31.0. The number of hydrogen-bond acceptors (Lipinski definition) is 4. The predicted molar refractivity (Wildman–Crippen MR) is 106 cm³/mol. The second kappa shape index (κ2) is 8.82. The summed E-state index contributed by atoms with van der Waals surface area (Å²) in [5, 5.41) is 10.3. The van der Waals surface area contributed by atoms with E-state index in [2.05, 4.69) is 4.98 Å². The molecule has 2 aromatic rings. The second-order valence-electron chi connectivity index (χ2n) is 7.60. The Labute approximate surface area is 168 Å². The summed E-state index contributed by atoms with van der Waals surface area (Å²) in [5.41, 5.74) is 1.47. The van der Waals surface area contributed by atoms with Gasteiger partial charge in [0, 0.05) is 13.0 Å². The van der Waals surface area contributed by atoms with Gasteiger partial charge in [-0.15, -0.1) is 11.3 Å². The van der Waals surface area contributed by atoms with Gasteiger partial charge in [-0.1, -0.05) is 26.0 Å².